The van der Waals surface area contributed by atoms with Gasteiger partial charge in [-0.05, 0) is 38.5 Å². The first-order valence-electron chi connectivity index (χ1n) is 8.35. The summed E-state index contributed by atoms with van der Waals surface area (Å²) in [6, 6.07) is 3.32. The van der Waals surface area contributed by atoms with E-state index in [2.05, 4.69) is 16.0 Å². The number of urea groups is 2. The average Bonchev–Trinajstić information content (AvgIpc) is 3.12. The number of imide groups is 2. The molecule has 144 valence electrons. The molecule has 0 saturated carbocycles. The van der Waals surface area contributed by atoms with Gasteiger partial charge >= 0.3 is 12.1 Å². The van der Waals surface area contributed by atoms with Crippen LogP contribution in [0, 0.1) is 0 Å². The molecule has 2 aliphatic heterocycles. The number of nitrogens with zero attached hydrogens (tertiary/aromatic N) is 1. The molecular formula is C17H20N4O6. The lowest BCUT2D eigenvalue weighted by molar-refractivity contribution is -0.134. The zero-order chi connectivity index (χ0) is 19.8. The molecule has 3 N–H and O–H groups in total. The van der Waals surface area contributed by atoms with E-state index >= 15 is 0 Å². The number of rotatable bonds is 4. The molecule has 0 bridgehead atoms. The standard InChI is InChI=1S/C17H20N4O6/c1-9(2)18-15(24)19-13(22)7-21-14(23)17(3,20-16(21)25)10-4-5-11-12(6-10)27-8-26-11/h4-6,9H,7-8H2,1-3H3,(H,20,25)(H2,18,19,22,24)/t17-/m1/s1. The van der Waals surface area contributed by atoms with Crippen LogP contribution in [0.1, 0.15) is 26.3 Å². The lowest BCUT2D eigenvalue weighted by Gasteiger charge is -2.22. The van der Waals surface area contributed by atoms with E-state index < -0.39 is 36.0 Å². The molecule has 3 rings (SSSR count). The first kappa shape index (κ1) is 18.5. The van der Waals surface area contributed by atoms with Crippen molar-refractivity contribution in [2.75, 3.05) is 13.3 Å². The van der Waals surface area contributed by atoms with Gasteiger partial charge in [0.05, 0.1) is 0 Å². The highest BCUT2D eigenvalue weighted by atomic mass is 16.7. The number of ether oxygens (including phenoxy) is 2. The van der Waals surface area contributed by atoms with Gasteiger partial charge in [-0.25, -0.2) is 9.59 Å². The van der Waals surface area contributed by atoms with Crippen molar-refractivity contribution in [3.05, 3.63) is 23.8 Å². The molecule has 2 aliphatic rings. The highest BCUT2D eigenvalue weighted by molar-refractivity contribution is 6.10. The zero-order valence-corrected chi connectivity index (χ0v) is 15.1. The summed E-state index contributed by atoms with van der Waals surface area (Å²) in [4.78, 5) is 49.4. The number of amides is 6. The number of hydrogen-bond donors (Lipinski definition) is 3. The van der Waals surface area contributed by atoms with Crippen LogP contribution in [-0.4, -0.2) is 48.2 Å². The highest BCUT2D eigenvalue weighted by Crippen LogP contribution is 2.37. The van der Waals surface area contributed by atoms with Gasteiger partial charge in [0.1, 0.15) is 12.1 Å². The van der Waals surface area contributed by atoms with Crippen LogP contribution in [0.15, 0.2) is 18.2 Å². The lowest BCUT2D eigenvalue weighted by atomic mass is 9.91. The van der Waals surface area contributed by atoms with E-state index in [1.54, 1.807) is 32.0 Å². The third-order valence-electron chi connectivity index (χ3n) is 4.20. The van der Waals surface area contributed by atoms with E-state index in [0.717, 1.165) is 4.90 Å². The van der Waals surface area contributed by atoms with Crippen molar-refractivity contribution < 1.29 is 28.7 Å². The first-order chi connectivity index (χ1) is 12.7. The lowest BCUT2D eigenvalue weighted by Crippen LogP contribution is -2.48. The normalized spacial score (nSPS) is 20.7. The zero-order valence-electron chi connectivity index (χ0n) is 15.1. The molecule has 10 nitrogen and oxygen atoms in total. The van der Waals surface area contributed by atoms with Crippen molar-refractivity contribution in [2.24, 2.45) is 0 Å². The Labute approximate surface area is 155 Å². The maximum atomic E-state index is 12.8. The molecular weight excluding hydrogens is 356 g/mol. The average molecular weight is 376 g/mol. The fourth-order valence-electron chi connectivity index (χ4n) is 2.85. The Hall–Kier alpha value is -3.30. The van der Waals surface area contributed by atoms with Crippen LogP contribution in [0.3, 0.4) is 0 Å². The van der Waals surface area contributed by atoms with Crippen LogP contribution < -0.4 is 25.4 Å². The van der Waals surface area contributed by atoms with Gasteiger partial charge in [-0.15, -0.1) is 0 Å². The molecule has 2 heterocycles. The second kappa shape index (κ2) is 6.78. The quantitative estimate of drug-likeness (QED) is 0.654. The topological polar surface area (TPSA) is 126 Å². The molecule has 0 spiro atoms. The van der Waals surface area contributed by atoms with Crippen LogP contribution in [-0.2, 0) is 15.1 Å². The van der Waals surface area contributed by atoms with Gasteiger partial charge in [0.25, 0.3) is 5.91 Å². The molecule has 1 aromatic carbocycles. The minimum Gasteiger partial charge on any atom is -0.454 e. The van der Waals surface area contributed by atoms with Crippen molar-refractivity contribution >= 4 is 23.9 Å². The SMILES string of the molecule is CC(C)NC(=O)NC(=O)CN1C(=O)N[C@](C)(c2ccc3c(c2)OCO3)C1=O. The number of nitrogens with one attached hydrogen (secondary N) is 3. The van der Waals surface area contributed by atoms with Gasteiger partial charge < -0.3 is 20.1 Å². The highest BCUT2D eigenvalue weighted by Gasteiger charge is 2.50. The third kappa shape index (κ3) is 3.50. The predicted octanol–water partition coefficient (Wildman–Crippen LogP) is 0.417. The molecule has 10 heteroatoms. The van der Waals surface area contributed by atoms with E-state index in [1.807, 2.05) is 0 Å². The summed E-state index contributed by atoms with van der Waals surface area (Å²) >= 11 is 0. The summed E-state index contributed by atoms with van der Waals surface area (Å²) in [5, 5.41) is 7.16. The molecule has 27 heavy (non-hydrogen) atoms. The second-order valence-corrected chi connectivity index (χ2v) is 6.69. The summed E-state index contributed by atoms with van der Waals surface area (Å²) in [6.45, 7) is 4.52. The van der Waals surface area contributed by atoms with E-state index in [4.69, 9.17) is 9.47 Å². The molecule has 1 atom stereocenters. The van der Waals surface area contributed by atoms with Gasteiger partial charge in [0.15, 0.2) is 11.5 Å². The fraction of sp³-hybridized carbons (Fsp3) is 0.412. The first-order valence-corrected chi connectivity index (χ1v) is 8.35. The minimum atomic E-state index is -1.36. The molecule has 1 aromatic rings. The van der Waals surface area contributed by atoms with Gasteiger partial charge in [-0.1, -0.05) is 6.07 Å². The molecule has 0 unspecified atom stereocenters. The number of carbonyl (C=O) groups excluding carboxylic acids is 4. The van der Waals surface area contributed by atoms with E-state index in [9.17, 15) is 19.2 Å². The molecule has 0 aliphatic carbocycles. The summed E-state index contributed by atoms with van der Waals surface area (Å²) in [5.74, 6) is -0.360. The summed E-state index contributed by atoms with van der Waals surface area (Å²) < 4.78 is 10.5. The van der Waals surface area contributed by atoms with E-state index in [1.165, 1.54) is 6.92 Å². The van der Waals surface area contributed by atoms with Crippen LogP contribution in [0.2, 0.25) is 0 Å². The van der Waals surface area contributed by atoms with Gasteiger partial charge in [-0.3, -0.25) is 19.8 Å². The van der Waals surface area contributed by atoms with Crippen LogP contribution in [0.25, 0.3) is 0 Å². The Morgan fingerprint density at radius 1 is 1.26 bits per heavy atom. The molecule has 6 amide bonds. The van der Waals surface area contributed by atoms with Crippen molar-refractivity contribution in [1.29, 1.82) is 0 Å². The Morgan fingerprint density at radius 2 is 1.96 bits per heavy atom. The number of benzene rings is 1. The Morgan fingerprint density at radius 3 is 2.67 bits per heavy atom. The van der Waals surface area contributed by atoms with E-state index in [-0.39, 0.29) is 12.8 Å². The van der Waals surface area contributed by atoms with Crippen molar-refractivity contribution in [3.63, 3.8) is 0 Å². The summed E-state index contributed by atoms with van der Waals surface area (Å²) in [6.07, 6.45) is 0. The minimum absolute atomic E-state index is 0.0839. The smallest absolute Gasteiger partial charge is 0.325 e. The predicted molar refractivity (Wildman–Crippen MR) is 92.0 cm³/mol. The monoisotopic (exact) mass is 376 g/mol. The van der Waals surface area contributed by atoms with Crippen molar-refractivity contribution in [3.8, 4) is 11.5 Å². The van der Waals surface area contributed by atoms with Gasteiger partial charge in [-0.2, -0.15) is 0 Å². The molecule has 0 radical (unpaired) electrons. The number of carbonyl (C=O) groups is 4. The van der Waals surface area contributed by atoms with Crippen molar-refractivity contribution in [2.45, 2.75) is 32.4 Å². The molecule has 1 saturated heterocycles. The Kier molecular flexibility index (Phi) is 4.64. The third-order valence-corrected chi connectivity index (χ3v) is 4.20. The van der Waals surface area contributed by atoms with E-state index in [0.29, 0.717) is 17.1 Å². The van der Waals surface area contributed by atoms with Gasteiger partial charge in [0.2, 0.25) is 12.7 Å². The largest absolute Gasteiger partial charge is 0.454 e. The number of fused-ring (bicyclic) bond motifs is 1. The summed E-state index contributed by atoms with van der Waals surface area (Å²) in [5.41, 5.74) is -0.871. The number of hydrogen-bond acceptors (Lipinski definition) is 6. The maximum Gasteiger partial charge on any atom is 0.325 e. The Balaban J connectivity index is 1.73. The molecule has 1 fully saturated rings. The Bertz CT molecular complexity index is 824. The van der Waals surface area contributed by atoms with Gasteiger partial charge in [0, 0.05) is 6.04 Å². The fourth-order valence-corrected chi connectivity index (χ4v) is 2.85. The molecule has 0 aromatic heterocycles. The van der Waals surface area contributed by atoms with Crippen LogP contribution in [0.4, 0.5) is 9.59 Å². The van der Waals surface area contributed by atoms with Crippen LogP contribution >= 0.6 is 0 Å². The van der Waals surface area contributed by atoms with Crippen molar-refractivity contribution in [1.82, 2.24) is 20.9 Å². The van der Waals surface area contributed by atoms with Crippen LogP contribution in [0.5, 0.6) is 11.5 Å². The summed E-state index contributed by atoms with van der Waals surface area (Å²) in [7, 11) is 0. The second-order valence-electron chi connectivity index (χ2n) is 6.69. The maximum absolute atomic E-state index is 12.8.